The predicted molar refractivity (Wildman–Crippen MR) is 74.6 cm³/mol. The van der Waals surface area contributed by atoms with E-state index in [1.807, 2.05) is 6.92 Å². The van der Waals surface area contributed by atoms with Crippen LogP contribution in [0.3, 0.4) is 0 Å². The minimum Gasteiger partial charge on any atom is -0.266 e. The molecule has 106 valence electrons. The van der Waals surface area contributed by atoms with E-state index in [0.717, 1.165) is 5.56 Å². The lowest BCUT2D eigenvalue weighted by molar-refractivity contribution is 0.299. The maximum absolute atomic E-state index is 11.9. The number of benzene rings is 1. The minimum absolute atomic E-state index is 0.105. The molecule has 0 unspecified atom stereocenters. The van der Waals surface area contributed by atoms with Gasteiger partial charge in [0, 0.05) is 0 Å². The average Bonchev–Trinajstić information content (AvgIpc) is 3.16. The second kappa shape index (κ2) is 5.73. The summed E-state index contributed by atoms with van der Waals surface area (Å²) in [5.41, 5.74) is 0.517. The van der Waals surface area contributed by atoms with E-state index in [4.69, 9.17) is 10.6 Å². The molecule has 0 saturated heterocycles. The van der Waals surface area contributed by atoms with Crippen molar-refractivity contribution in [1.82, 2.24) is 0 Å². The third kappa shape index (κ3) is 3.65. The van der Waals surface area contributed by atoms with Crippen molar-refractivity contribution in [3.63, 3.8) is 0 Å². The molecule has 0 aliphatic carbocycles. The molecule has 6 heteroatoms. The van der Waals surface area contributed by atoms with Gasteiger partial charge in [0.2, 0.25) is 5.66 Å². The van der Waals surface area contributed by atoms with Gasteiger partial charge in [0.15, 0.2) is 0 Å². The van der Waals surface area contributed by atoms with Gasteiger partial charge in [-0.3, -0.25) is 4.18 Å². The summed E-state index contributed by atoms with van der Waals surface area (Å²) in [4.78, 5) is 0.169. The topological polar surface area (TPSA) is 68.1 Å². The standard InChI is InChI=1S/C14H16N2O3S/c1-3-9-14(15-16-14)10-4-11-19-20(17,18)13-7-5-12(2)6-8-13/h1,5-8H,4,9-11H2,2H3. The van der Waals surface area contributed by atoms with E-state index < -0.39 is 15.8 Å². The van der Waals surface area contributed by atoms with Crippen LogP contribution in [0.2, 0.25) is 0 Å². The van der Waals surface area contributed by atoms with Gasteiger partial charge >= 0.3 is 0 Å². The van der Waals surface area contributed by atoms with Gasteiger partial charge in [-0.2, -0.15) is 18.6 Å². The highest BCUT2D eigenvalue weighted by molar-refractivity contribution is 7.86. The molecular formula is C14H16N2O3S. The van der Waals surface area contributed by atoms with Crippen molar-refractivity contribution < 1.29 is 12.6 Å². The van der Waals surface area contributed by atoms with Crippen LogP contribution in [0.4, 0.5) is 0 Å². The predicted octanol–water partition coefficient (Wildman–Crippen LogP) is 2.67. The van der Waals surface area contributed by atoms with Gasteiger partial charge in [0.25, 0.3) is 10.1 Å². The lowest BCUT2D eigenvalue weighted by atomic mass is 10.1. The highest BCUT2D eigenvalue weighted by Crippen LogP contribution is 2.36. The SMILES string of the molecule is C#CCC1(CCCOS(=O)(=O)c2ccc(C)cc2)N=N1. The normalized spacial score (nSPS) is 15.8. The maximum Gasteiger partial charge on any atom is 0.296 e. The first-order valence-corrected chi connectivity index (χ1v) is 7.72. The van der Waals surface area contributed by atoms with Crippen molar-refractivity contribution >= 4 is 10.1 Å². The summed E-state index contributed by atoms with van der Waals surface area (Å²) in [7, 11) is -3.69. The minimum atomic E-state index is -3.69. The van der Waals surface area contributed by atoms with Crippen LogP contribution in [0.5, 0.6) is 0 Å². The molecule has 20 heavy (non-hydrogen) atoms. The average molecular weight is 292 g/mol. The molecule has 1 aromatic carbocycles. The molecule has 0 bridgehead atoms. The first kappa shape index (κ1) is 14.7. The second-order valence-electron chi connectivity index (χ2n) is 4.76. The fourth-order valence-electron chi connectivity index (χ4n) is 1.79. The molecule has 5 nitrogen and oxygen atoms in total. The molecule has 0 aromatic heterocycles. The zero-order chi connectivity index (χ0) is 14.6. The van der Waals surface area contributed by atoms with Gasteiger partial charge in [-0.25, -0.2) is 0 Å². The Kier molecular flexibility index (Phi) is 4.21. The quantitative estimate of drug-likeness (QED) is 0.441. The molecule has 1 aliphatic rings. The summed E-state index contributed by atoms with van der Waals surface area (Å²) < 4.78 is 28.8. The Morgan fingerprint density at radius 2 is 1.95 bits per heavy atom. The lowest BCUT2D eigenvalue weighted by Gasteiger charge is -2.08. The Labute approximate surface area is 119 Å². The first-order valence-electron chi connectivity index (χ1n) is 6.31. The van der Waals surface area contributed by atoms with E-state index in [-0.39, 0.29) is 11.5 Å². The fourth-order valence-corrected chi connectivity index (χ4v) is 2.73. The van der Waals surface area contributed by atoms with Gasteiger partial charge in [0.05, 0.1) is 17.9 Å². The zero-order valence-corrected chi connectivity index (χ0v) is 12.1. The summed E-state index contributed by atoms with van der Waals surface area (Å²) in [6, 6.07) is 6.55. The summed E-state index contributed by atoms with van der Waals surface area (Å²) in [5, 5.41) is 7.81. The Morgan fingerprint density at radius 3 is 2.50 bits per heavy atom. The zero-order valence-electron chi connectivity index (χ0n) is 11.2. The molecule has 0 N–H and O–H groups in total. The summed E-state index contributed by atoms with van der Waals surface area (Å²) in [5.74, 6) is 2.51. The number of hydrogen-bond acceptors (Lipinski definition) is 5. The van der Waals surface area contributed by atoms with E-state index >= 15 is 0 Å². The monoisotopic (exact) mass is 292 g/mol. The third-order valence-corrected chi connectivity index (χ3v) is 4.36. The number of hydrogen-bond donors (Lipinski definition) is 0. The van der Waals surface area contributed by atoms with Crippen molar-refractivity contribution in [2.24, 2.45) is 10.2 Å². The van der Waals surface area contributed by atoms with Crippen LogP contribution in [0.25, 0.3) is 0 Å². The van der Waals surface area contributed by atoms with Crippen LogP contribution in [0.15, 0.2) is 39.4 Å². The van der Waals surface area contributed by atoms with Crippen molar-refractivity contribution in [2.45, 2.75) is 36.7 Å². The molecule has 0 radical (unpaired) electrons. The number of rotatable bonds is 7. The molecule has 0 amide bonds. The van der Waals surface area contributed by atoms with Gasteiger partial charge in [0.1, 0.15) is 0 Å². The molecule has 0 saturated carbocycles. The van der Waals surface area contributed by atoms with Gasteiger partial charge in [-0.1, -0.05) is 17.7 Å². The summed E-state index contributed by atoms with van der Waals surface area (Å²) >= 11 is 0. The maximum atomic E-state index is 11.9. The third-order valence-electron chi connectivity index (χ3n) is 3.04. The number of nitrogens with zero attached hydrogens (tertiary/aromatic N) is 2. The second-order valence-corrected chi connectivity index (χ2v) is 6.37. The number of aryl methyl sites for hydroxylation is 1. The summed E-state index contributed by atoms with van der Waals surface area (Å²) in [6.07, 6.45) is 6.83. The van der Waals surface area contributed by atoms with Gasteiger partial charge < -0.3 is 0 Å². The van der Waals surface area contributed by atoms with Crippen LogP contribution >= 0.6 is 0 Å². The van der Waals surface area contributed by atoms with Crippen molar-refractivity contribution in [1.29, 1.82) is 0 Å². The van der Waals surface area contributed by atoms with Crippen molar-refractivity contribution in [3.8, 4) is 12.3 Å². The molecular weight excluding hydrogens is 276 g/mol. The Balaban J connectivity index is 1.81. The molecule has 0 spiro atoms. The smallest absolute Gasteiger partial charge is 0.266 e. The molecule has 1 heterocycles. The van der Waals surface area contributed by atoms with Gasteiger partial charge in [-0.05, 0) is 31.9 Å². The molecule has 1 aliphatic heterocycles. The Morgan fingerprint density at radius 1 is 1.30 bits per heavy atom. The van der Waals surface area contributed by atoms with E-state index in [9.17, 15) is 8.42 Å². The Hall–Kier alpha value is -1.71. The van der Waals surface area contributed by atoms with Crippen LogP contribution < -0.4 is 0 Å². The first-order chi connectivity index (χ1) is 9.47. The highest BCUT2D eigenvalue weighted by atomic mass is 32.2. The van der Waals surface area contributed by atoms with E-state index in [1.165, 1.54) is 12.1 Å². The van der Waals surface area contributed by atoms with Gasteiger partial charge in [-0.15, -0.1) is 12.3 Å². The van der Waals surface area contributed by atoms with Crippen LogP contribution in [0, 0.1) is 19.3 Å². The largest absolute Gasteiger partial charge is 0.296 e. The Bertz CT molecular complexity index is 636. The van der Waals surface area contributed by atoms with Crippen LogP contribution in [-0.4, -0.2) is 20.7 Å². The van der Waals surface area contributed by atoms with Crippen molar-refractivity contribution in [3.05, 3.63) is 29.8 Å². The van der Waals surface area contributed by atoms with Crippen LogP contribution in [0.1, 0.15) is 24.8 Å². The molecule has 0 fully saturated rings. The number of terminal acetylenes is 1. The van der Waals surface area contributed by atoms with E-state index in [2.05, 4.69) is 16.1 Å². The molecule has 0 atom stereocenters. The summed E-state index contributed by atoms with van der Waals surface area (Å²) in [6.45, 7) is 2.00. The highest BCUT2D eigenvalue weighted by Gasteiger charge is 2.38. The van der Waals surface area contributed by atoms with Crippen molar-refractivity contribution in [2.75, 3.05) is 6.61 Å². The van der Waals surface area contributed by atoms with E-state index in [1.54, 1.807) is 12.1 Å². The van der Waals surface area contributed by atoms with Crippen LogP contribution in [-0.2, 0) is 14.3 Å². The lowest BCUT2D eigenvalue weighted by Crippen LogP contribution is -2.13. The fraction of sp³-hybridized carbons (Fsp3) is 0.429. The molecule has 2 rings (SSSR count). The molecule has 1 aromatic rings. The van der Waals surface area contributed by atoms with E-state index in [0.29, 0.717) is 19.3 Å².